The van der Waals surface area contributed by atoms with Gasteiger partial charge >= 0.3 is 5.97 Å². The van der Waals surface area contributed by atoms with E-state index >= 15 is 0 Å². The normalized spacial score (nSPS) is 11.3. The number of carbonyl (C=O) groups is 1. The van der Waals surface area contributed by atoms with Crippen LogP contribution in [0.5, 0.6) is 0 Å². The number of nitrogens with zero attached hydrogens (tertiary/aromatic N) is 1. The van der Waals surface area contributed by atoms with Crippen molar-refractivity contribution in [2.45, 2.75) is 18.4 Å². The van der Waals surface area contributed by atoms with Gasteiger partial charge in [0.25, 0.3) is 0 Å². The summed E-state index contributed by atoms with van der Waals surface area (Å²) in [5.74, 6) is -1.24. The van der Waals surface area contributed by atoms with Crippen LogP contribution in [0, 0.1) is 6.92 Å². The first kappa shape index (κ1) is 15.4. The molecule has 2 aromatic rings. The highest BCUT2D eigenvalue weighted by Gasteiger charge is 2.16. The van der Waals surface area contributed by atoms with Crippen LogP contribution in [0.4, 0.5) is 5.69 Å². The molecule has 0 bridgehead atoms. The second kappa shape index (κ2) is 5.80. The monoisotopic (exact) mass is 327 g/mol. The van der Waals surface area contributed by atoms with Gasteiger partial charge in [-0.15, -0.1) is 11.3 Å². The van der Waals surface area contributed by atoms with E-state index in [1.165, 1.54) is 23.5 Å². The summed E-state index contributed by atoms with van der Waals surface area (Å²) >= 11 is 1.49. The van der Waals surface area contributed by atoms with Crippen molar-refractivity contribution in [2.24, 2.45) is 5.14 Å². The molecule has 2 rings (SSSR count). The third-order valence-corrected chi connectivity index (χ3v) is 4.41. The van der Waals surface area contributed by atoms with Crippen LogP contribution in [0.2, 0.25) is 0 Å². The van der Waals surface area contributed by atoms with Gasteiger partial charge in [0.1, 0.15) is 0 Å². The Kier molecular flexibility index (Phi) is 4.26. The number of hydrogen-bond acceptors (Lipinski definition) is 6. The van der Waals surface area contributed by atoms with Gasteiger partial charge in [0.15, 0.2) is 0 Å². The van der Waals surface area contributed by atoms with Crippen molar-refractivity contribution in [3.8, 4) is 0 Å². The summed E-state index contributed by atoms with van der Waals surface area (Å²) < 4.78 is 22.5. The van der Waals surface area contributed by atoms with Gasteiger partial charge in [-0.3, -0.25) is 0 Å². The highest BCUT2D eigenvalue weighted by molar-refractivity contribution is 7.89. The Bertz CT molecular complexity index is 784. The SMILES string of the molecule is Cc1nc(CNc2ccc(S(N)(=O)=O)cc2C(=O)O)cs1. The molecule has 0 aliphatic heterocycles. The molecule has 0 radical (unpaired) electrons. The Morgan fingerprint density at radius 1 is 1.48 bits per heavy atom. The molecule has 0 amide bonds. The zero-order valence-corrected chi connectivity index (χ0v) is 12.7. The predicted octanol–water partition coefficient (Wildman–Crippen LogP) is 1.41. The number of rotatable bonds is 5. The first-order valence-corrected chi connectivity index (χ1v) is 8.25. The minimum atomic E-state index is -3.94. The highest BCUT2D eigenvalue weighted by Crippen LogP contribution is 2.21. The minimum Gasteiger partial charge on any atom is -0.478 e. The van der Waals surface area contributed by atoms with Crippen LogP contribution in [0.1, 0.15) is 21.1 Å². The van der Waals surface area contributed by atoms with E-state index in [1.54, 1.807) is 0 Å². The van der Waals surface area contributed by atoms with Gasteiger partial charge in [0.05, 0.1) is 27.7 Å². The maximum atomic E-state index is 11.3. The lowest BCUT2D eigenvalue weighted by atomic mass is 10.2. The minimum absolute atomic E-state index is 0.159. The number of primary sulfonamides is 1. The zero-order chi connectivity index (χ0) is 15.6. The van der Waals surface area contributed by atoms with Gasteiger partial charge < -0.3 is 10.4 Å². The summed E-state index contributed by atoms with van der Waals surface area (Å²) in [4.78, 5) is 15.2. The van der Waals surface area contributed by atoms with E-state index in [0.717, 1.165) is 16.8 Å². The molecule has 0 atom stereocenters. The van der Waals surface area contributed by atoms with Crippen LogP contribution in [-0.2, 0) is 16.6 Å². The second-order valence-corrected chi connectivity index (χ2v) is 6.89. The molecule has 21 heavy (non-hydrogen) atoms. The highest BCUT2D eigenvalue weighted by atomic mass is 32.2. The molecule has 7 nitrogen and oxygen atoms in total. The Morgan fingerprint density at radius 2 is 2.19 bits per heavy atom. The molecular formula is C12H13N3O4S2. The largest absolute Gasteiger partial charge is 0.478 e. The number of hydrogen-bond donors (Lipinski definition) is 3. The smallest absolute Gasteiger partial charge is 0.337 e. The summed E-state index contributed by atoms with van der Waals surface area (Å²) in [7, 11) is -3.94. The van der Waals surface area contributed by atoms with Gasteiger partial charge in [0, 0.05) is 11.1 Å². The van der Waals surface area contributed by atoms with Crippen molar-refractivity contribution in [1.29, 1.82) is 0 Å². The molecule has 0 aliphatic rings. The van der Waals surface area contributed by atoms with Crippen LogP contribution < -0.4 is 10.5 Å². The summed E-state index contributed by atoms with van der Waals surface area (Å²) in [6, 6.07) is 3.67. The van der Waals surface area contributed by atoms with Crippen LogP contribution in [-0.4, -0.2) is 24.5 Å². The molecule has 0 aliphatic carbocycles. The summed E-state index contributed by atoms with van der Waals surface area (Å²) in [5, 5.41) is 19.9. The maximum absolute atomic E-state index is 11.3. The number of aryl methyl sites for hydroxylation is 1. The lowest BCUT2D eigenvalue weighted by Gasteiger charge is -2.09. The maximum Gasteiger partial charge on any atom is 0.337 e. The Hall–Kier alpha value is -1.97. The van der Waals surface area contributed by atoms with Gasteiger partial charge in [-0.25, -0.2) is 23.3 Å². The fraction of sp³-hybridized carbons (Fsp3) is 0.167. The summed E-state index contributed by atoms with van der Waals surface area (Å²) in [5.41, 5.74) is 0.929. The van der Waals surface area contributed by atoms with Crippen molar-refractivity contribution in [1.82, 2.24) is 4.98 Å². The quantitative estimate of drug-likeness (QED) is 0.763. The average molecular weight is 327 g/mol. The van der Waals surface area contributed by atoms with Crippen molar-refractivity contribution in [2.75, 3.05) is 5.32 Å². The van der Waals surface area contributed by atoms with Crippen molar-refractivity contribution in [3.05, 3.63) is 39.8 Å². The molecule has 9 heteroatoms. The van der Waals surface area contributed by atoms with E-state index in [9.17, 15) is 13.2 Å². The van der Waals surface area contributed by atoms with E-state index in [4.69, 9.17) is 10.2 Å². The van der Waals surface area contributed by atoms with Crippen LogP contribution in [0.15, 0.2) is 28.5 Å². The second-order valence-electron chi connectivity index (χ2n) is 4.27. The van der Waals surface area contributed by atoms with E-state index in [1.807, 2.05) is 12.3 Å². The number of carboxylic acids is 1. The topological polar surface area (TPSA) is 122 Å². The molecular weight excluding hydrogens is 314 g/mol. The lowest BCUT2D eigenvalue weighted by molar-refractivity contribution is 0.0697. The van der Waals surface area contributed by atoms with E-state index in [2.05, 4.69) is 10.3 Å². The van der Waals surface area contributed by atoms with E-state index < -0.39 is 16.0 Å². The molecule has 0 fully saturated rings. The Labute approximate surface area is 125 Å². The number of nitrogens with two attached hydrogens (primary N) is 1. The molecule has 1 aromatic heterocycles. The number of nitrogens with one attached hydrogen (secondary N) is 1. The molecule has 0 unspecified atom stereocenters. The average Bonchev–Trinajstić information content (AvgIpc) is 2.80. The number of aromatic nitrogens is 1. The van der Waals surface area contributed by atoms with E-state index in [0.29, 0.717) is 12.2 Å². The third-order valence-electron chi connectivity index (χ3n) is 2.68. The Balaban J connectivity index is 2.28. The van der Waals surface area contributed by atoms with Crippen molar-refractivity contribution < 1.29 is 18.3 Å². The summed E-state index contributed by atoms with van der Waals surface area (Å²) in [6.07, 6.45) is 0. The number of sulfonamides is 1. The van der Waals surface area contributed by atoms with Crippen molar-refractivity contribution >= 4 is 33.0 Å². The zero-order valence-electron chi connectivity index (χ0n) is 11.0. The van der Waals surface area contributed by atoms with Gasteiger partial charge in [-0.1, -0.05) is 0 Å². The number of benzene rings is 1. The predicted molar refractivity (Wildman–Crippen MR) is 79.0 cm³/mol. The standard InChI is InChI=1S/C12H13N3O4S2/c1-7-15-8(6-20-7)5-14-11-3-2-9(21(13,18)19)4-10(11)12(16)17/h2-4,6,14H,5H2,1H3,(H,16,17)(H2,13,18,19). The number of aromatic carboxylic acids is 1. The van der Waals surface area contributed by atoms with Crippen LogP contribution in [0.3, 0.4) is 0 Å². The van der Waals surface area contributed by atoms with Gasteiger partial charge in [-0.2, -0.15) is 0 Å². The first-order valence-electron chi connectivity index (χ1n) is 5.82. The number of thiazole rings is 1. The fourth-order valence-corrected chi connectivity index (χ4v) is 2.86. The molecule has 0 saturated carbocycles. The summed E-state index contributed by atoms with van der Waals surface area (Å²) in [6.45, 7) is 2.22. The number of carboxylic acid groups (broad SMARTS) is 1. The first-order chi connectivity index (χ1) is 9.77. The number of anilines is 1. The third kappa shape index (κ3) is 3.78. The fourth-order valence-electron chi connectivity index (χ4n) is 1.71. The molecule has 0 saturated heterocycles. The van der Waals surface area contributed by atoms with Crippen LogP contribution >= 0.6 is 11.3 Å². The Morgan fingerprint density at radius 3 is 2.71 bits per heavy atom. The lowest BCUT2D eigenvalue weighted by Crippen LogP contribution is -2.14. The molecule has 0 spiro atoms. The van der Waals surface area contributed by atoms with Crippen molar-refractivity contribution in [3.63, 3.8) is 0 Å². The van der Waals surface area contributed by atoms with Crippen LogP contribution in [0.25, 0.3) is 0 Å². The van der Waals surface area contributed by atoms with Gasteiger partial charge in [0.2, 0.25) is 10.0 Å². The molecule has 4 N–H and O–H groups in total. The van der Waals surface area contributed by atoms with E-state index in [-0.39, 0.29) is 10.5 Å². The van der Waals surface area contributed by atoms with Gasteiger partial charge in [-0.05, 0) is 25.1 Å². The molecule has 112 valence electrons. The molecule has 1 heterocycles. The molecule has 1 aromatic carbocycles.